The van der Waals surface area contributed by atoms with E-state index < -0.39 is 5.97 Å². The van der Waals surface area contributed by atoms with Crippen LogP contribution in [0.3, 0.4) is 0 Å². The molecule has 0 aliphatic rings. The van der Waals surface area contributed by atoms with Crippen molar-refractivity contribution in [2.45, 2.75) is 13.3 Å². The Morgan fingerprint density at radius 3 is 3.09 bits per heavy atom. The van der Waals surface area contributed by atoms with Crippen molar-refractivity contribution in [2.24, 2.45) is 5.92 Å². The first-order valence-corrected chi connectivity index (χ1v) is 3.96. The fourth-order valence-corrected chi connectivity index (χ4v) is 1.28. The van der Waals surface area contributed by atoms with E-state index in [1.807, 2.05) is 0 Å². The zero-order valence-electron chi connectivity index (χ0n) is 6.02. The highest BCUT2D eigenvalue weighted by Crippen LogP contribution is 2.09. The average Bonchev–Trinajstić information content (AvgIpc) is 2.39. The van der Waals surface area contributed by atoms with Crippen LogP contribution in [0.15, 0.2) is 6.20 Å². The first-order valence-electron chi connectivity index (χ1n) is 3.19. The van der Waals surface area contributed by atoms with Crippen molar-refractivity contribution in [3.8, 4) is 0 Å². The van der Waals surface area contributed by atoms with Crippen molar-refractivity contribution in [3.63, 3.8) is 0 Å². The molecule has 1 aromatic rings. The fourth-order valence-electron chi connectivity index (χ4n) is 0.667. The van der Waals surface area contributed by atoms with E-state index in [1.54, 1.807) is 13.1 Å². The quantitative estimate of drug-likeness (QED) is 0.732. The summed E-state index contributed by atoms with van der Waals surface area (Å²) >= 11 is 1.24. The minimum absolute atomic E-state index is 0.350. The van der Waals surface area contributed by atoms with Crippen molar-refractivity contribution in [1.29, 1.82) is 0 Å². The number of hydrogen-bond donors (Lipinski definition) is 1. The molecule has 0 fully saturated rings. The Labute approximate surface area is 68.0 Å². The summed E-state index contributed by atoms with van der Waals surface area (Å²) in [7, 11) is 0. The van der Waals surface area contributed by atoms with Crippen LogP contribution < -0.4 is 0 Å². The topological polar surface area (TPSA) is 63.1 Å². The van der Waals surface area contributed by atoms with Gasteiger partial charge in [0.1, 0.15) is 0 Å². The predicted molar refractivity (Wildman–Crippen MR) is 40.4 cm³/mol. The second kappa shape index (κ2) is 3.43. The number of aliphatic carboxylic acids is 1. The summed E-state index contributed by atoms with van der Waals surface area (Å²) < 4.78 is 3.63. The third-order valence-electron chi connectivity index (χ3n) is 1.34. The number of aromatic nitrogens is 2. The number of carboxylic acids is 1. The van der Waals surface area contributed by atoms with E-state index in [2.05, 4.69) is 9.59 Å². The Bertz CT molecular complexity index is 235. The first-order chi connectivity index (χ1) is 5.20. The molecule has 60 valence electrons. The zero-order chi connectivity index (χ0) is 8.27. The third kappa shape index (κ3) is 2.27. The lowest BCUT2D eigenvalue weighted by Crippen LogP contribution is -2.11. The highest BCUT2D eigenvalue weighted by atomic mass is 32.1. The lowest BCUT2D eigenvalue weighted by molar-refractivity contribution is -0.141. The summed E-state index contributed by atoms with van der Waals surface area (Å²) in [5.41, 5.74) is 0. The van der Waals surface area contributed by atoms with Crippen LogP contribution in [0, 0.1) is 5.92 Å². The first kappa shape index (κ1) is 8.13. The van der Waals surface area contributed by atoms with Crippen LogP contribution in [-0.2, 0) is 11.2 Å². The Kier molecular flexibility index (Phi) is 2.53. The molecular weight excluding hydrogens is 164 g/mol. The van der Waals surface area contributed by atoms with Crippen LogP contribution in [0.4, 0.5) is 0 Å². The summed E-state index contributed by atoms with van der Waals surface area (Å²) in [5.74, 6) is -1.13. The van der Waals surface area contributed by atoms with Gasteiger partial charge in [-0.05, 0) is 18.0 Å². The van der Waals surface area contributed by atoms with E-state index >= 15 is 0 Å². The van der Waals surface area contributed by atoms with E-state index in [0.29, 0.717) is 6.42 Å². The van der Waals surface area contributed by atoms with Crippen molar-refractivity contribution in [3.05, 3.63) is 11.1 Å². The Hall–Kier alpha value is -0.970. The molecule has 5 heteroatoms. The molecular formula is C6H8N2O2S. The molecule has 0 aromatic carbocycles. The molecule has 0 amide bonds. The van der Waals surface area contributed by atoms with Gasteiger partial charge in [0.25, 0.3) is 0 Å². The van der Waals surface area contributed by atoms with E-state index in [4.69, 9.17) is 5.11 Å². The van der Waals surface area contributed by atoms with Gasteiger partial charge in [-0.3, -0.25) is 4.79 Å². The lowest BCUT2D eigenvalue weighted by atomic mass is 10.1. The van der Waals surface area contributed by atoms with Gasteiger partial charge in [0.2, 0.25) is 0 Å². The van der Waals surface area contributed by atoms with Crippen LogP contribution >= 0.6 is 11.5 Å². The molecule has 0 saturated carbocycles. The van der Waals surface area contributed by atoms with Crippen LogP contribution in [0.1, 0.15) is 11.8 Å². The molecule has 1 unspecified atom stereocenters. The Morgan fingerprint density at radius 2 is 2.64 bits per heavy atom. The summed E-state index contributed by atoms with van der Waals surface area (Å²) in [5, 5.41) is 12.2. The number of nitrogens with zero attached hydrogens (tertiary/aromatic N) is 2. The molecule has 1 atom stereocenters. The smallest absolute Gasteiger partial charge is 0.306 e. The maximum Gasteiger partial charge on any atom is 0.306 e. The fraction of sp³-hybridized carbons (Fsp3) is 0.500. The summed E-state index contributed by atoms with van der Waals surface area (Å²) in [4.78, 5) is 11.3. The van der Waals surface area contributed by atoms with Crippen LogP contribution in [0.5, 0.6) is 0 Å². The SMILES string of the molecule is CC(Cc1cnns1)C(=O)O. The molecule has 0 spiro atoms. The number of carbonyl (C=O) groups is 1. The minimum atomic E-state index is -0.779. The molecule has 0 bridgehead atoms. The number of carboxylic acid groups (broad SMARTS) is 1. The van der Waals surface area contributed by atoms with Gasteiger partial charge in [0.15, 0.2) is 0 Å². The maximum absolute atomic E-state index is 10.4. The third-order valence-corrected chi connectivity index (χ3v) is 2.02. The van der Waals surface area contributed by atoms with Crippen LogP contribution in [-0.4, -0.2) is 20.7 Å². The van der Waals surface area contributed by atoms with Gasteiger partial charge >= 0.3 is 5.97 Å². The molecule has 0 radical (unpaired) electrons. The van der Waals surface area contributed by atoms with Gasteiger partial charge in [-0.25, -0.2) is 0 Å². The average molecular weight is 172 g/mol. The van der Waals surface area contributed by atoms with Gasteiger partial charge in [-0.15, -0.1) is 5.10 Å². The molecule has 1 heterocycles. The maximum atomic E-state index is 10.4. The summed E-state index contributed by atoms with van der Waals surface area (Å²) in [6.07, 6.45) is 2.12. The molecule has 0 saturated heterocycles. The van der Waals surface area contributed by atoms with Gasteiger partial charge in [-0.1, -0.05) is 11.4 Å². The molecule has 1 aromatic heterocycles. The Morgan fingerprint density at radius 1 is 1.91 bits per heavy atom. The second-order valence-electron chi connectivity index (χ2n) is 2.33. The van der Waals surface area contributed by atoms with Gasteiger partial charge in [0.05, 0.1) is 12.1 Å². The zero-order valence-corrected chi connectivity index (χ0v) is 6.84. The molecule has 0 aliphatic carbocycles. The molecule has 1 rings (SSSR count). The van der Waals surface area contributed by atoms with E-state index in [-0.39, 0.29) is 5.92 Å². The van der Waals surface area contributed by atoms with Crippen molar-refractivity contribution in [1.82, 2.24) is 9.59 Å². The monoisotopic (exact) mass is 172 g/mol. The summed E-state index contributed by atoms with van der Waals surface area (Å²) in [6.45, 7) is 1.67. The summed E-state index contributed by atoms with van der Waals surface area (Å²) in [6, 6.07) is 0. The van der Waals surface area contributed by atoms with E-state index in [9.17, 15) is 4.79 Å². The van der Waals surface area contributed by atoms with Gasteiger partial charge < -0.3 is 5.11 Å². The van der Waals surface area contributed by atoms with E-state index in [1.165, 1.54) is 11.5 Å². The van der Waals surface area contributed by atoms with Gasteiger partial charge in [0, 0.05) is 4.88 Å². The van der Waals surface area contributed by atoms with Crippen LogP contribution in [0.25, 0.3) is 0 Å². The Balaban J connectivity index is 2.50. The largest absolute Gasteiger partial charge is 0.481 e. The number of rotatable bonds is 3. The lowest BCUT2D eigenvalue weighted by Gasteiger charge is -2.00. The predicted octanol–water partition coefficient (Wildman–Crippen LogP) is 0.801. The normalized spacial score (nSPS) is 12.8. The standard InChI is InChI=1S/C6H8N2O2S/c1-4(6(9)10)2-5-3-7-8-11-5/h3-4H,2H2,1H3,(H,9,10). The molecule has 0 aliphatic heterocycles. The highest BCUT2D eigenvalue weighted by Gasteiger charge is 2.12. The van der Waals surface area contributed by atoms with Crippen LogP contribution in [0.2, 0.25) is 0 Å². The van der Waals surface area contributed by atoms with E-state index in [0.717, 1.165) is 4.88 Å². The minimum Gasteiger partial charge on any atom is -0.481 e. The van der Waals surface area contributed by atoms with Crippen molar-refractivity contribution >= 4 is 17.5 Å². The van der Waals surface area contributed by atoms with Crippen molar-refractivity contribution < 1.29 is 9.90 Å². The molecule has 11 heavy (non-hydrogen) atoms. The molecule has 1 N–H and O–H groups in total. The number of hydrogen-bond acceptors (Lipinski definition) is 4. The second-order valence-corrected chi connectivity index (χ2v) is 3.20. The highest BCUT2D eigenvalue weighted by molar-refractivity contribution is 7.05. The van der Waals surface area contributed by atoms with Gasteiger partial charge in [-0.2, -0.15) is 0 Å². The van der Waals surface area contributed by atoms with Crippen molar-refractivity contribution in [2.75, 3.05) is 0 Å². The molecule has 4 nitrogen and oxygen atoms in total.